The van der Waals surface area contributed by atoms with Gasteiger partial charge in [0.25, 0.3) is 0 Å². The molecule has 6 saturated heterocycles. The van der Waals surface area contributed by atoms with Gasteiger partial charge in [0.1, 0.15) is 11.2 Å². The molecule has 0 unspecified atom stereocenters. The molecule has 0 N–H and O–H groups in total. The zero-order valence-electron chi connectivity index (χ0n) is 23.4. The molecular formula is C30H46O7. The van der Waals surface area contributed by atoms with Crippen LogP contribution in [0.1, 0.15) is 92.9 Å². The predicted octanol–water partition coefficient (Wildman–Crippen LogP) is 5.56. The maximum Gasteiger partial charge on any atom is 0.193 e. The Morgan fingerprint density at radius 3 is 1.43 bits per heavy atom. The van der Waals surface area contributed by atoms with Crippen LogP contribution in [0.5, 0.6) is 0 Å². The topological polar surface area (TPSA) is 64.6 Å². The zero-order valence-corrected chi connectivity index (χ0v) is 23.4. The van der Waals surface area contributed by atoms with Crippen molar-refractivity contribution >= 4 is 0 Å². The molecule has 0 radical (unpaired) electrons. The number of fused-ring (bicyclic) bond motifs is 2. The van der Waals surface area contributed by atoms with Crippen molar-refractivity contribution in [3.05, 3.63) is 0 Å². The highest BCUT2D eigenvalue weighted by atomic mass is 16.9. The van der Waals surface area contributed by atoms with E-state index in [4.69, 9.17) is 33.2 Å². The second-order valence-corrected chi connectivity index (χ2v) is 14.6. The monoisotopic (exact) mass is 518 g/mol. The van der Waals surface area contributed by atoms with Gasteiger partial charge in [0, 0.05) is 36.5 Å². The molecule has 2 saturated carbocycles. The maximum atomic E-state index is 6.85. The van der Waals surface area contributed by atoms with Crippen LogP contribution in [0.25, 0.3) is 0 Å². The SMILES string of the molecule is C[C@@H]1[C@@H](O[C@H]2O[C@@H]3O[C@@]4(C)CC[C@H]5[C@H](C)CC[C@@H]([C@@H]2C)[C@@]35O4)O[C@@H]2O[C@@]3(C)CC[C@H]4[C@H](C)CC[C@@H]1[C@@]24O3. The lowest BCUT2D eigenvalue weighted by molar-refractivity contribution is -0.402. The van der Waals surface area contributed by atoms with Gasteiger partial charge in [0.05, 0.1) is 0 Å². The van der Waals surface area contributed by atoms with Gasteiger partial charge in [-0.1, -0.05) is 27.7 Å². The second-order valence-electron chi connectivity index (χ2n) is 14.6. The molecule has 0 aromatic rings. The van der Waals surface area contributed by atoms with Crippen LogP contribution in [0.2, 0.25) is 0 Å². The minimum atomic E-state index is -0.554. The van der Waals surface area contributed by atoms with Gasteiger partial charge < -0.3 is 33.2 Å². The summed E-state index contributed by atoms with van der Waals surface area (Å²) in [5, 5.41) is 0. The third kappa shape index (κ3) is 3.03. The number of hydrogen-bond donors (Lipinski definition) is 0. The van der Waals surface area contributed by atoms with Crippen molar-refractivity contribution in [2.24, 2.45) is 47.3 Å². The lowest BCUT2D eigenvalue weighted by Gasteiger charge is -2.60. The third-order valence-corrected chi connectivity index (χ3v) is 12.5. The summed E-state index contributed by atoms with van der Waals surface area (Å²) in [6.45, 7) is 13.5. The average molecular weight is 519 g/mol. The summed E-state index contributed by atoms with van der Waals surface area (Å²) in [5.74, 6) is 2.19. The molecule has 208 valence electrons. The Morgan fingerprint density at radius 1 is 0.568 bits per heavy atom. The van der Waals surface area contributed by atoms with Crippen molar-refractivity contribution < 1.29 is 33.2 Å². The smallest absolute Gasteiger partial charge is 0.193 e. The molecule has 8 rings (SSSR count). The van der Waals surface area contributed by atoms with E-state index < -0.39 is 24.2 Å². The van der Waals surface area contributed by atoms with E-state index in [0.29, 0.717) is 35.5 Å². The molecule has 7 heteroatoms. The van der Waals surface area contributed by atoms with E-state index in [9.17, 15) is 0 Å². The van der Waals surface area contributed by atoms with Gasteiger partial charge >= 0.3 is 0 Å². The molecular weight excluding hydrogens is 472 g/mol. The first-order valence-electron chi connectivity index (χ1n) is 15.3. The Balaban J connectivity index is 1.08. The first-order chi connectivity index (χ1) is 17.6. The highest BCUT2D eigenvalue weighted by Crippen LogP contribution is 2.66. The molecule has 0 aromatic carbocycles. The fourth-order valence-corrected chi connectivity index (χ4v) is 10.7. The van der Waals surface area contributed by atoms with E-state index in [2.05, 4.69) is 41.5 Å². The van der Waals surface area contributed by atoms with Crippen LogP contribution in [0.15, 0.2) is 0 Å². The first kappa shape index (κ1) is 24.5. The first-order valence-corrected chi connectivity index (χ1v) is 15.3. The number of ether oxygens (including phenoxy) is 7. The number of rotatable bonds is 2. The van der Waals surface area contributed by atoms with Crippen LogP contribution in [-0.4, -0.2) is 47.9 Å². The molecule has 2 aliphatic carbocycles. The Bertz CT molecular complexity index is 886. The van der Waals surface area contributed by atoms with Crippen LogP contribution < -0.4 is 0 Å². The minimum Gasteiger partial charge on any atom is -0.338 e. The van der Waals surface area contributed by atoms with Gasteiger partial charge in [-0.3, -0.25) is 0 Å². The van der Waals surface area contributed by atoms with Crippen molar-refractivity contribution in [2.75, 3.05) is 0 Å². The maximum absolute atomic E-state index is 6.85. The van der Waals surface area contributed by atoms with Crippen LogP contribution in [0.3, 0.4) is 0 Å². The molecule has 0 aromatic heterocycles. The van der Waals surface area contributed by atoms with Crippen molar-refractivity contribution in [3.8, 4) is 0 Å². The molecule has 7 nitrogen and oxygen atoms in total. The van der Waals surface area contributed by atoms with Crippen molar-refractivity contribution in [1.82, 2.24) is 0 Å². The molecule has 8 aliphatic rings. The Labute approximate surface area is 221 Å². The van der Waals surface area contributed by atoms with Gasteiger partial charge in [-0.2, -0.15) is 0 Å². The summed E-state index contributed by atoms with van der Waals surface area (Å²) in [6.07, 6.45) is 7.33. The highest BCUT2D eigenvalue weighted by Gasteiger charge is 2.74. The van der Waals surface area contributed by atoms with Crippen LogP contribution in [0.4, 0.5) is 0 Å². The van der Waals surface area contributed by atoms with Crippen LogP contribution >= 0.6 is 0 Å². The molecule has 2 spiro atoms. The molecule has 8 fully saturated rings. The second kappa shape index (κ2) is 7.71. The van der Waals surface area contributed by atoms with E-state index in [1.165, 1.54) is 12.8 Å². The molecule has 16 atom stereocenters. The van der Waals surface area contributed by atoms with E-state index in [1.54, 1.807) is 0 Å². The molecule has 37 heavy (non-hydrogen) atoms. The van der Waals surface area contributed by atoms with Crippen molar-refractivity contribution in [2.45, 2.75) is 141 Å². The van der Waals surface area contributed by atoms with E-state index >= 15 is 0 Å². The van der Waals surface area contributed by atoms with E-state index in [-0.39, 0.29) is 35.6 Å². The summed E-state index contributed by atoms with van der Waals surface area (Å²) in [7, 11) is 0. The summed E-state index contributed by atoms with van der Waals surface area (Å²) in [4.78, 5) is 0. The summed E-state index contributed by atoms with van der Waals surface area (Å²) in [6, 6.07) is 0. The third-order valence-electron chi connectivity index (χ3n) is 12.5. The van der Waals surface area contributed by atoms with E-state index in [0.717, 1.165) is 38.5 Å². The normalized spacial score (nSPS) is 65.7. The standard InChI is InChI=1S/C30H46O7/c1-15-7-9-21-17(3)23(32-25-29(21)19(15)11-13-27(5,34-25)36-29)31-24-18(4)22-10-8-16(2)20-12-14-28(6)35-26(33-24)30(20,22)37-28/h15-26H,7-14H2,1-6H3/t15-,16-,17+,18+,19+,20+,21+,22+,23+,24+,25-,26-,27-,28-,29-,30-/m1/s1. The lowest BCUT2D eigenvalue weighted by atomic mass is 9.57. The van der Waals surface area contributed by atoms with Crippen LogP contribution in [-0.2, 0) is 33.2 Å². The quantitative estimate of drug-likeness (QED) is 0.474. The van der Waals surface area contributed by atoms with Crippen molar-refractivity contribution in [1.29, 1.82) is 0 Å². The average Bonchev–Trinajstić information content (AvgIpc) is 3.20. The van der Waals surface area contributed by atoms with E-state index in [1.807, 2.05) is 0 Å². The minimum absolute atomic E-state index is 0.193. The Kier molecular flexibility index (Phi) is 5.11. The summed E-state index contributed by atoms with van der Waals surface area (Å²) < 4.78 is 47.1. The molecule has 4 bridgehead atoms. The zero-order chi connectivity index (χ0) is 25.5. The number of hydrogen-bond acceptors (Lipinski definition) is 7. The van der Waals surface area contributed by atoms with Gasteiger partial charge in [-0.05, 0) is 76.0 Å². The summed E-state index contributed by atoms with van der Waals surface area (Å²) >= 11 is 0. The molecule has 0 amide bonds. The predicted molar refractivity (Wildman–Crippen MR) is 133 cm³/mol. The largest absolute Gasteiger partial charge is 0.338 e. The fourth-order valence-electron chi connectivity index (χ4n) is 10.7. The van der Waals surface area contributed by atoms with Crippen LogP contribution in [0, 0.1) is 47.3 Å². The molecule has 6 aliphatic heterocycles. The van der Waals surface area contributed by atoms with Gasteiger partial charge in [-0.25, -0.2) is 0 Å². The fraction of sp³-hybridized carbons (Fsp3) is 1.00. The van der Waals surface area contributed by atoms with Crippen molar-refractivity contribution in [3.63, 3.8) is 0 Å². The lowest BCUT2D eigenvalue weighted by Crippen LogP contribution is -2.68. The summed E-state index contributed by atoms with van der Waals surface area (Å²) in [5.41, 5.74) is -0.707. The van der Waals surface area contributed by atoms with Gasteiger partial charge in [-0.15, -0.1) is 0 Å². The van der Waals surface area contributed by atoms with Gasteiger partial charge in [0.2, 0.25) is 0 Å². The van der Waals surface area contributed by atoms with Gasteiger partial charge in [0.15, 0.2) is 36.7 Å². The Morgan fingerprint density at radius 2 is 1.00 bits per heavy atom. The Hall–Kier alpha value is -0.280. The molecule has 6 heterocycles. The highest BCUT2D eigenvalue weighted by molar-refractivity contribution is 5.14.